The summed E-state index contributed by atoms with van der Waals surface area (Å²) in [6.07, 6.45) is 1.72. The van der Waals surface area contributed by atoms with Crippen molar-refractivity contribution >= 4 is 23.5 Å². The third kappa shape index (κ3) is 3.38. The zero-order chi connectivity index (χ0) is 18.1. The molecular formula is C19H24N2O4. The number of aryl methyl sites for hydroxylation is 1. The van der Waals surface area contributed by atoms with Gasteiger partial charge >= 0.3 is 5.97 Å². The van der Waals surface area contributed by atoms with Crippen molar-refractivity contribution in [2.24, 2.45) is 5.92 Å². The summed E-state index contributed by atoms with van der Waals surface area (Å²) in [5, 5.41) is 9.03. The van der Waals surface area contributed by atoms with E-state index in [1.54, 1.807) is 9.80 Å². The second-order valence-corrected chi connectivity index (χ2v) is 7.05. The van der Waals surface area contributed by atoms with Crippen molar-refractivity contribution in [1.29, 1.82) is 0 Å². The van der Waals surface area contributed by atoms with E-state index in [1.807, 2.05) is 32.0 Å². The first-order valence-electron chi connectivity index (χ1n) is 8.77. The number of likely N-dealkylation sites (tertiary alicyclic amines) is 1. The summed E-state index contributed by atoms with van der Waals surface area (Å²) < 4.78 is 0. The van der Waals surface area contributed by atoms with Gasteiger partial charge in [-0.15, -0.1) is 0 Å². The molecule has 2 aliphatic rings. The second-order valence-electron chi connectivity index (χ2n) is 7.05. The normalized spacial score (nSPS) is 23.4. The van der Waals surface area contributed by atoms with Crippen LogP contribution in [0.15, 0.2) is 18.2 Å². The first-order chi connectivity index (χ1) is 11.9. The molecule has 2 atom stereocenters. The molecule has 6 nitrogen and oxygen atoms in total. The first kappa shape index (κ1) is 17.5. The van der Waals surface area contributed by atoms with Gasteiger partial charge in [0.25, 0.3) is 0 Å². The van der Waals surface area contributed by atoms with Crippen molar-refractivity contribution in [3.63, 3.8) is 0 Å². The van der Waals surface area contributed by atoms with Crippen LogP contribution in [0.25, 0.3) is 0 Å². The summed E-state index contributed by atoms with van der Waals surface area (Å²) in [6, 6.07) is 5.59. The molecule has 0 aromatic heterocycles. The second kappa shape index (κ2) is 6.86. The third-order valence-electron chi connectivity index (χ3n) is 5.41. The summed E-state index contributed by atoms with van der Waals surface area (Å²) in [5.74, 6) is -1.39. The lowest BCUT2D eigenvalue weighted by atomic mass is 10.1. The number of benzene rings is 1. The number of carboxylic acid groups (broad SMARTS) is 1. The zero-order valence-corrected chi connectivity index (χ0v) is 14.7. The number of hydrogen-bond acceptors (Lipinski definition) is 3. The molecule has 2 aliphatic heterocycles. The van der Waals surface area contributed by atoms with Gasteiger partial charge in [-0.2, -0.15) is 0 Å². The fourth-order valence-corrected chi connectivity index (χ4v) is 3.91. The predicted molar refractivity (Wildman–Crippen MR) is 93.4 cm³/mol. The smallest absolute Gasteiger partial charge is 0.305 e. The van der Waals surface area contributed by atoms with E-state index < -0.39 is 5.97 Å². The van der Waals surface area contributed by atoms with Crippen LogP contribution >= 0.6 is 0 Å². The van der Waals surface area contributed by atoms with E-state index in [-0.39, 0.29) is 36.6 Å². The van der Waals surface area contributed by atoms with Gasteiger partial charge in [0.05, 0.1) is 12.3 Å². The molecule has 2 saturated heterocycles. The fraction of sp³-hybridized carbons (Fsp3) is 0.526. The van der Waals surface area contributed by atoms with Crippen LogP contribution in [0.1, 0.15) is 36.8 Å². The zero-order valence-electron chi connectivity index (χ0n) is 14.7. The molecule has 2 amide bonds. The van der Waals surface area contributed by atoms with E-state index in [0.717, 1.165) is 29.7 Å². The van der Waals surface area contributed by atoms with Crippen LogP contribution in [0.2, 0.25) is 0 Å². The van der Waals surface area contributed by atoms with Crippen LogP contribution in [0.5, 0.6) is 0 Å². The highest BCUT2D eigenvalue weighted by atomic mass is 16.4. The molecule has 0 saturated carbocycles. The van der Waals surface area contributed by atoms with Crippen LogP contribution in [-0.2, 0) is 14.4 Å². The van der Waals surface area contributed by atoms with Gasteiger partial charge in [-0.05, 0) is 43.9 Å². The van der Waals surface area contributed by atoms with Gasteiger partial charge in [0.1, 0.15) is 0 Å². The Balaban J connectivity index is 1.75. The predicted octanol–water partition coefficient (Wildman–Crippen LogP) is 2.12. The molecule has 6 heteroatoms. The molecule has 0 radical (unpaired) electrons. The molecular weight excluding hydrogens is 320 g/mol. The number of carboxylic acids is 1. The largest absolute Gasteiger partial charge is 0.481 e. The number of carbonyl (C=O) groups excluding carboxylic acids is 2. The Kier molecular flexibility index (Phi) is 4.79. The topological polar surface area (TPSA) is 77.9 Å². The lowest BCUT2D eigenvalue weighted by Gasteiger charge is -2.26. The molecule has 2 unspecified atom stereocenters. The molecule has 0 aliphatic carbocycles. The fourth-order valence-electron chi connectivity index (χ4n) is 3.91. The van der Waals surface area contributed by atoms with Gasteiger partial charge < -0.3 is 14.9 Å². The number of carbonyl (C=O) groups is 3. The number of anilines is 1. The molecule has 1 aromatic rings. The molecule has 0 spiro atoms. The summed E-state index contributed by atoms with van der Waals surface area (Å²) >= 11 is 0. The van der Waals surface area contributed by atoms with Crippen molar-refractivity contribution in [2.45, 2.75) is 45.6 Å². The van der Waals surface area contributed by atoms with Crippen molar-refractivity contribution in [3.8, 4) is 0 Å². The molecule has 3 rings (SSSR count). The van der Waals surface area contributed by atoms with E-state index in [1.165, 1.54) is 0 Å². The van der Waals surface area contributed by atoms with Crippen LogP contribution < -0.4 is 4.90 Å². The van der Waals surface area contributed by atoms with Gasteiger partial charge in [0, 0.05) is 31.2 Å². The Labute approximate surface area is 147 Å². The number of hydrogen-bond donors (Lipinski definition) is 1. The van der Waals surface area contributed by atoms with Gasteiger partial charge in [0.15, 0.2) is 0 Å². The van der Waals surface area contributed by atoms with E-state index in [2.05, 4.69) is 0 Å². The molecule has 2 heterocycles. The molecule has 134 valence electrons. The van der Waals surface area contributed by atoms with Gasteiger partial charge in [-0.1, -0.05) is 12.1 Å². The highest BCUT2D eigenvalue weighted by molar-refractivity contribution is 6.01. The van der Waals surface area contributed by atoms with Crippen molar-refractivity contribution < 1.29 is 19.5 Å². The van der Waals surface area contributed by atoms with Crippen LogP contribution in [0, 0.1) is 19.8 Å². The monoisotopic (exact) mass is 344 g/mol. The summed E-state index contributed by atoms with van der Waals surface area (Å²) in [4.78, 5) is 39.7. The summed E-state index contributed by atoms with van der Waals surface area (Å²) in [6.45, 7) is 4.95. The molecule has 0 bridgehead atoms. The van der Waals surface area contributed by atoms with Crippen molar-refractivity contribution in [1.82, 2.24) is 4.90 Å². The number of rotatable bonds is 4. The molecule has 1 aromatic carbocycles. The van der Waals surface area contributed by atoms with Crippen molar-refractivity contribution in [3.05, 3.63) is 29.3 Å². The molecule has 25 heavy (non-hydrogen) atoms. The Hall–Kier alpha value is -2.37. The Morgan fingerprint density at radius 2 is 2.04 bits per heavy atom. The van der Waals surface area contributed by atoms with Gasteiger partial charge in [-0.25, -0.2) is 0 Å². The van der Waals surface area contributed by atoms with Gasteiger partial charge in [0.2, 0.25) is 11.8 Å². The highest BCUT2D eigenvalue weighted by Gasteiger charge is 2.40. The van der Waals surface area contributed by atoms with Crippen molar-refractivity contribution in [2.75, 3.05) is 18.0 Å². The average molecular weight is 344 g/mol. The van der Waals surface area contributed by atoms with Crippen LogP contribution in [0.4, 0.5) is 5.69 Å². The summed E-state index contributed by atoms with van der Waals surface area (Å²) in [5.41, 5.74) is 3.03. The number of aliphatic carboxylic acids is 1. The average Bonchev–Trinajstić information content (AvgIpc) is 3.16. The van der Waals surface area contributed by atoms with Gasteiger partial charge in [-0.3, -0.25) is 14.4 Å². The van der Waals surface area contributed by atoms with E-state index in [9.17, 15) is 14.4 Å². The quantitative estimate of drug-likeness (QED) is 0.907. The number of nitrogens with zero attached hydrogens (tertiary/aromatic N) is 2. The lowest BCUT2D eigenvalue weighted by Crippen LogP contribution is -2.41. The molecule has 2 fully saturated rings. The number of amides is 2. The SMILES string of the molecule is Cc1cccc(N2CC(C(=O)N3CCCC3CC(=O)O)CC2=O)c1C. The highest BCUT2D eigenvalue weighted by Crippen LogP contribution is 2.32. The minimum atomic E-state index is -0.885. The Morgan fingerprint density at radius 1 is 1.28 bits per heavy atom. The molecule has 1 N–H and O–H groups in total. The van der Waals surface area contributed by atoms with Crippen LogP contribution in [0.3, 0.4) is 0 Å². The maximum atomic E-state index is 12.9. The van der Waals surface area contributed by atoms with E-state index >= 15 is 0 Å². The Morgan fingerprint density at radius 3 is 2.76 bits per heavy atom. The maximum absolute atomic E-state index is 12.9. The maximum Gasteiger partial charge on any atom is 0.305 e. The lowest BCUT2D eigenvalue weighted by molar-refractivity contribution is -0.141. The third-order valence-corrected chi connectivity index (χ3v) is 5.41. The standard InChI is InChI=1S/C19H24N2O4/c1-12-5-3-7-16(13(12)2)21-11-14(9-17(21)22)19(25)20-8-4-6-15(20)10-18(23)24/h3,5,7,14-15H,4,6,8-11H2,1-2H3,(H,23,24). The van der Waals surface area contributed by atoms with Crippen LogP contribution in [-0.4, -0.2) is 46.9 Å². The Bertz CT molecular complexity index is 715. The minimum absolute atomic E-state index is 0.0207. The van der Waals surface area contributed by atoms with E-state index in [0.29, 0.717) is 13.1 Å². The summed E-state index contributed by atoms with van der Waals surface area (Å²) in [7, 11) is 0. The first-order valence-corrected chi connectivity index (χ1v) is 8.77. The minimum Gasteiger partial charge on any atom is -0.481 e. The van der Waals surface area contributed by atoms with E-state index in [4.69, 9.17) is 5.11 Å².